The Morgan fingerprint density at radius 3 is 2.56 bits per heavy atom. The van der Waals surface area contributed by atoms with Gasteiger partial charge >= 0.3 is 0 Å². The number of hydrogen-bond donors (Lipinski definition) is 1. The normalized spacial score (nSPS) is 13.6. The highest BCUT2D eigenvalue weighted by Crippen LogP contribution is 2.38. The lowest BCUT2D eigenvalue weighted by Crippen LogP contribution is -2.36. The molecule has 0 aliphatic heterocycles. The number of aromatic nitrogens is 2. The van der Waals surface area contributed by atoms with E-state index in [1.807, 2.05) is 12.1 Å². The van der Waals surface area contributed by atoms with Crippen LogP contribution in [0.3, 0.4) is 0 Å². The van der Waals surface area contributed by atoms with Crippen LogP contribution in [0.4, 0.5) is 0 Å². The van der Waals surface area contributed by atoms with Gasteiger partial charge in [0.15, 0.2) is 0 Å². The predicted octanol–water partition coefficient (Wildman–Crippen LogP) is 2.67. The van der Waals surface area contributed by atoms with Crippen molar-refractivity contribution in [1.82, 2.24) is 9.66 Å². The number of amides is 1. The summed E-state index contributed by atoms with van der Waals surface area (Å²) in [5, 5.41) is 0.488. The molecule has 0 saturated heterocycles. The monoisotopic (exact) mass is 335 g/mol. The quantitative estimate of drug-likeness (QED) is 0.795. The van der Waals surface area contributed by atoms with Crippen molar-refractivity contribution in [2.24, 2.45) is 0 Å². The summed E-state index contributed by atoms with van der Waals surface area (Å²) in [7, 11) is 1.57. The first kappa shape index (κ1) is 15.4. The largest absolute Gasteiger partial charge is 0.497 e. The number of nitrogens with zero attached hydrogens (tertiary/aromatic N) is 2. The minimum atomic E-state index is -0.358. The van der Waals surface area contributed by atoms with Crippen LogP contribution in [0.15, 0.2) is 53.3 Å². The van der Waals surface area contributed by atoms with Crippen LogP contribution in [0.2, 0.25) is 0 Å². The molecule has 6 nitrogen and oxygen atoms in total. The van der Waals surface area contributed by atoms with E-state index >= 15 is 0 Å². The Labute approximate surface area is 144 Å². The lowest BCUT2D eigenvalue weighted by Gasteiger charge is -2.14. The van der Waals surface area contributed by atoms with Crippen molar-refractivity contribution >= 4 is 16.8 Å². The fraction of sp³-hybridized carbons (Fsp3) is 0.211. The van der Waals surface area contributed by atoms with Gasteiger partial charge in [-0.05, 0) is 49.2 Å². The van der Waals surface area contributed by atoms with Crippen LogP contribution < -0.4 is 15.7 Å². The molecule has 0 radical (unpaired) electrons. The molecule has 1 aliphatic carbocycles. The predicted molar refractivity (Wildman–Crippen MR) is 94.7 cm³/mol. The Kier molecular flexibility index (Phi) is 3.72. The van der Waals surface area contributed by atoms with Gasteiger partial charge in [0.25, 0.3) is 11.5 Å². The van der Waals surface area contributed by atoms with Crippen LogP contribution in [0.5, 0.6) is 5.75 Å². The molecule has 2 aromatic carbocycles. The molecule has 6 heteroatoms. The molecular weight excluding hydrogens is 318 g/mol. The summed E-state index contributed by atoms with van der Waals surface area (Å²) in [6.07, 6.45) is 1.95. The number of fused-ring (bicyclic) bond motifs is 1. The molecule has 4 rings (SSSR count). The van der Waals surface area contributed by atoms with E-state index in [1.54, 1.807) is 43.5 Å². The van der Waals surface area contributed by atoms with Gasteiger partial charge in [-0.1, -0.05) is 12.1 Å². The van der Waals surface area contributed by atoms with Crippen molar-refractivity contribution in [2.75, 3.05) is 12.5 Å². The summed E-state index contributed by atoms with van der Waals surface area (Å²) in [6, 6.07) is 13.9. The molecule has 3 aromatic rings. The number of benzene rings is 2. The molecule has 1 N–H and O–H groups in total. The molecule has 1 saturated carbocycles. The van der Waals surface area contributed by atoms with Crippen molar-refractivity contribution in [2.45, 2.75) is 18.8 Å². The standard InChI is InChI=1S/C19H17N3O3/c1-25-14-10-8-13(9-11-14)18(23)21-22-17(12-6-7-12)20-16-5-3-2-4-15(16)19(22)24/h2-5,8-12H,6-7H2,1H3,(H,21,23). The summed E-state index contributed by atoms with van der Waals surface area (Å²) < 4.78 is 6.39. The van der Waals surface area contributed by atoms with E-state index in [2.05, 4.69) is 10.4 Å². The van der Waals surface area contributed by atoms with E-state index in [0.717, 1.165) is 12.8 Å². The third-order valence-electron chi connectivity index (χ3n) is 4.31. The van der Waals surface area contributed by atoms with Gasteiger partial charge < -0.3 is 4.74 Å². The lowest BCUT2D eigenvalue weighted by molar-refractivity contribution is 0.101. The van der Waals surface area contributed by atoms with Crippen molar-refractivity contribution < 1.29 is 9.53 Å². The van der Waals surface area contributed by atoms with Crippen LogP contribution in [0.1, 0.15) is 34.9 Å². The highest BCUT2D eigenvalue weighted by molar-refractivity contribution is 6.00. The van der Waals surface area contributed by atoms with Crippen LogP contribution in [0, 0.1) is 0 Å². The smallest absolute Gasteiger partial charge is 0.280 e. The van der Waals surface area contributed by atoms with Crippen molar-refractivity contribution in [3.63, 3.8) is 0 Å². The number of rotatable bonds is 4. The second-order valence-electron chi connectivity index (χ2n) is 6.07. The highest BCUT2D eigenvalue weighted by atomic mass is 16.5. The Hall–Kier alpha value is -3.15. The van der Waals surface area contributed by atoms with E-state index in [9.17, 15) is 9.59 Å². The van der Waals surface area contributed by atoms with Gasteiger partial charge in [-0.15, -0.1) is 0 Å². The van der Waals surface area contributed by atoms with Gasteiger partial charge in [0.2, 0.25) is 0 Å². The summed E-state index contributed by atoms with van der Waals surface area (Å²) in [5.74, 6) is 1.14. The SMILES string of the molecule is COc1ccc(C(=O)Nn2c(C3CC3)nc3ccccc3c2=O)cc1. The zero-order chi connectivity index (χ0) is 17.4. The lowest BCUT2D eigenvalue weighted by atomic mass is 10.2. The van der Waals surface area contributed by atoms with Gasteiger partial charge in [-0.3, -0.25) is 15.0 Å². The Balaban J connectivity index is 1.74. The second-order valence-corrected chi connectivity index (χ2v) is 6.07. The van der Waals surface area contributed by atoms with Crippen molar-refractivity contribution in [3.8, 4) is 5.75 Å². The number of carbonyl (C=O) groups excluding carboxylic acids is 1. The first-order chi connectivity index (χ1) is 12.2. The minimum absolute atomic E-state index is 0.216. The third-order valence-corrected chi connectivity index (χ3v) is 4.31. The number of para-hydroxylation sites is 1. The zero-order valence-corrected chi connectivity index (χ0v) is 13.7. The second kappa shape index (κ2) is 6.05. The van der Waals surface area contributed by atoms with Gasteiger partial charge in [0.05, 0.1) is 18.0 Å². The minimum Gasteiger partial charge on any atom is -0.497 e. The summed E-state index contributed by atoms with van der Waals surface area (Å²) >= 11 is 0. The number of carbonyl (C=O) groups is 1. The van der Waals surface area contributed by atoms with Gasteiger partial charge in [-0.2, -0.15) is 0 Å². The van der Waals surface area contributed by atoms with Crippen LogP contribution in [0.25, 0.3) is 10.9 Å². The van der Waals surface area contributed by atoms with Gasteiger partial charge in [0, 0.05) is 11.5 Å². The molecule has 0 unspecified atom stereocenters. The molecule has 1 aliphatic rings. The zero-order valence-electron chi connectivity index (χ0n) is 13.7. The van der Waals surface area contributed by atoms with E-state index < -0.39 is 0 Å². The molecule has 0 atom stereocenters. The van der Waals surface area contributed by atoms with Crippen LogP contribution in [-0.2, 0) is 0 Å². The van der Waals surface area contributed by atoms with E-state index in [0.29, 0.717) is 28.0 Å². The van der Waals surface area contributed by atoms with Crippen molar-refractivity contribution in [3.05, 3.63) is 70.3 Å². The Morgan fingerprint density at radius 2 is 1.88 bits per heavy atom. The van der Waals surface area contributed by atoms with E-state index in [1.165, 1.54) is 4.68 Å². The summed E-state index contributed by atoms with van der Waals surface area (Å²) in [5.41, 5.74) is 3.56. The number of hydrogen-bond acceptors (Lipinski definition) is 4. The molecule has 1 aromatic heterocycles. The summed E-state index contributed by atoms with van der Waals surface area (Å²) in [4.78, 5) is 30.0. The fourth-order valence-corrected chi connectivity index (χ4v) is 2.78. The van der Waals surface area contributed by atoms with Crippen LogP contribution >= 0.6 is 0 Å². The molecule has 0 bridgehead atoms. The highest BCUT2D eigenvalue weighted by Gasteiger charge is 2.30. The topological polar surface area (TPSA) is 73.2 Å². The third kappa shape index (κ3) is 2.87. The average molecular weight is 335 g/mol. The number of nitrogens with one attached hydrogen (secondary N) is 1. The Morgan fingerprint density at radius 1 is 1.16 bits per heavy atom. The fourth-order valence-electron chi connectivity index (χ4n) is 2.78. The first-order valence-electron chi connectivity index (χ1n) is 8.14. The number of ether oxygens (including phenoxy) is 1. The van der Waals surface area contributed by atoms with Crippen LogP contribution in [-0.4, -0.2) is 22.7 Å². The van der Waals surface area contributed by atoms with E-state index in [-0.39, 0.29) is 17.4 Å². The molecule has 0 spiro atoms. The molecule has 1 amide bonds. The maximum Gasteiger partial charge on any atom is 0.280 e. The van der Waals surface area contributed by atoms with Gasteiger partial charge in [-0.25, -0.2) is 9.66 Å². The first-order valence-corrected chi connectivity index (χ1v) is 8.14. The average Bonchev–Trinajstić information content (AvgIpc) is 3.49. The summed E-state index contributed by atoms with van der Waals surface area (Å²) in [6.45, 7) is 0. The maximum atomic E-state index is 12.8. The van der Waals surface area contributed by atoms with Gasteiger partial charge in [0.1, 0.15) is 11.6 Å². The molecule has 126 valence electrons. The Bertz CT molecular complexity index is 1000. The molecular formula is C19H17N3O3. The molecule has 1 fully saturated rings. The maximum absolute atomic E-state index is 12.8. The number of methoxy groups -OCH3 is 1. The molecule has 1 heterocycles. The molecule has 25 heavy (non-hydrogen) atoms. The van der Waals surface area contributed by atoms with E-state index in [4.69, 9.17) is 4.74 Å². The van der Waals surface area contributed by atoms with Crippen molar-refractivity contribution in [1.29, 1.82) is 0 Å².